The summed E-state index contributed by atoms with van der Waals surface area (Å²) in [5.74, 6) is -5.23. The first kappa shape index (κ1) is 51.6. The number of ketones is 2. The summed E-state index contributed by atoms with van der Waals surface area (Å²) in [5.41, 5.74) is 1.10. The normalized spacial score (nSPS) is 41.8. The van der Waals surface area contributed by atoms with Crippen molar-refractivity contribution >= 4 is 23.4 Å². The van der Waals surface area contributed by atoms with Gasteiger partial charge in [0.05, 0.1) is 30.8 Å². The number of cyclic esters (lactones) is 1. The molecule has 13 nitrogen and oxygen atoms in total. The minimum atomic E-state index is -1.81. The number of Topliss-reactive ketones (excluding diaryl/α,β-unsaturated/α-hetero) is 2. The van der Waals surface area contributed by atoms with E-state index >= 15 is 0 Å². The summed E-state index contributed by atoms with van der Waals surface area (Å²) in [5, 5.41) is 54.9. The van der Waals surface area contributed by atoms with E-state index in [4.69, 9.17) is 14.2 Å². The predicted molar refractivity (Wildman–Crippen MR) is 235 cm³/mol. The maximum atomic E-state index is 14.3. The molecule has 350 valence electrons. The van der Waals surface area contributed by atoms with Gasteiger partial charge in [-0.3, -0.25) is 14.4 Å². The van der Waals surface area contributed by atoms with Gasteiger partial charge in [0.2, 0.25) is 5.91 Å². The summed E-state index contributed by atoms with van der Waals surface area (Å²) in [6.45, 7) is 13.0. The Hall–Kier alpha value is -3.04. The van der Waals surface area contributed by atoms with Crippen LogP contribution in [0.1, 0.15) is 132 Å². The van der Waals surface area contributed by atoms with Crippen LogP contribution in [0.2, 0.25) is 0 Å². The second kappa shape index (κ2) is 23.8. The van der Waals surface area contributed by atoms with Crippen LogP contribution >= 0.6 is 0 Å². The predicted octanol–water partition coefficient (Wildman–Crippen LogP) is 5.69. The molecule has 0 aromatic heterocycles. The van der Waals surface area contributed by atoms with Gasteiger partial charge in [-0.2, -0.15) is 0 Å². The van der Waals surface area contributed by atoms with Gasteiger partial charge in [-0.15, -0.1) is 0 Å². The maximum absolute atomic E-state index is 14.3. The fraction of sp³-hybridized carbons (Fsp3) is 0.755. The molecular formula is C49H77NO12. The van der Waals surface area contributed by atoms with Crippen molar-refractivity contribution in [1.82, 2.24) is 4.90 Å². The molecule has 3 aliphatic heterocycles. The molecule has 2 bridgehead atoms. The zero-order valence-electron chi connectivity index (χ0n) is 38.5. The lowest BCUT2D eigenvalue weighted by Gasteiger charge is -2.44. The summed E-state index contributed by atoms with van der Waals surface area (Å²) in [7, 11) is 1.38. The summed E-state index contributed by atoms with van der Waals surface area (Å²) in [6, 6.07) is -0.942. The number of aliphatic hydroxyl groups is 5. The highest BCUT2D eigenvalue weighted by Gasteiger charge is 2.46. The van der Waals surface area contributed by atoms with Gasteiger partial charge in [-0.1, -0.05) is 71.1 Å². The third kappa shape index (κ3) is 14.2. The van der Waals surface area contributed by atoms with E-state index in [1.807, 2.05) is 58.1 Å². The van der Waals surface area contributed by atoms with Crippen LogP contribution in [0.15, 0.2) is 47.6 Å². The van der Waals surface area contributed by atoms with Gasteiger partial charge in [0.15, 0.2) is 11.6 Å². The number of allylic oxidation sites excluding steroid dienone is 6. The van der Waals surface area contributed by atoms with Gasteiger partial charge >= 0.3 is 5.97 Å². The Bertz CT molecular complexity index is 1640. The van der Waals surface area contributed by atoms with Crippen LogP contribution in [0.3, 0.4) is 0 Å². The number of amides is 1. The molecule has 1 saturated carbocycles. The minimum absolute atomic E-state index is 0.0191. The van der Waals surface area contributed by atoms with Crippen LogP contribution in [0.4, 0.5) is 0 Å². The first-order valence-corrected chi connectivity index (χ1v) is 23.2. The number of carbonyl (C=O) groups is 4. The molecule has 3 heterocycles. The second-order valence-corrected chi connectivity index (χ2v) is 19.3. The smallest absolute Gasteiger partial charge is 0.329 e. The van der Waals surface area contributed by atoms with Crippen LogP contribution < -0.4 is 0 Å². The molecule has 1 unspecified atom stereocenters. The first-order chi connectivity index (χ1) is 29.2. The van der Waals surface area contributed by atoms with E-state index in [2.05, 4.69) is 0 Å². The lowest BCUT2D eigenvalue weighted by Crippen LogP contribution is -2.54. The SMILES string of the molecule is CO[C@H]1C(=O)[C@H](C)C[C@H](C)\C=C/C=C/C=C(\C)[C@@H](O)C[C@@H]2CC[C@@H](C)[C@](O)(CC(=O)N3CCCC[C@H]3C(=O)O[C@H]([C@H](C)CC3CC[C@H](O)[C@@H](O)C3)CC(=O)[C@H](C)/C=C(\C)[C@H]1O)O2. The number of hydrogen-bond acceptors (Lipinski definition) is 12. The molecule has 0 aromatic rings. The molecule has 3 fully saturated rings. The largest absolute Gasteiger partial charge is 0.460 e. The van der Waals surface area contributed by atoms with Crippen molar-refractivity contribution in [2.24, 2.45) is 35.5 Å². The molecule has 1 aliphatic carbocycles. The zero-order chi connectivity index (χ0) is 45.9. The Morgan fingerprint density at radius 2 is 1.60 bits per heavy atom. The number of methoxy groups -OCH3 is 1. The van der Waals surface area contributed by atoms with E-state index < -0.39 is 78.3 Å². The van der Waals surface area contributed by atoms with Crippen LogP contribution in [-0.4, -0.2) is 122 Å². The quantitative estimate of drug-likeness (QED) is 0.171. The van der Waals surface area contributed by atoms with Gasteiger partial charge in [-0.25, -0.2) is 4.79 Å². The summed E-state index contributed by atoms with van der Waals surface area (Å²) >= 11 is 0. The number of rotatable bonds is 4. The van der Waals surface area contributed by atoms with Crippen molar-refractivity contribution in [2.45, 2.75) is 186 Å². The minimum Gasteiger partial charge on any atom is -0.460 e. The fourth-order valence-electron chi connectivity index (χ4n) is 9.71. The van der Waals surface area contributed by atoms with Crippen molar-refractivity contribution in [3.05, 3.63) is 47.6 Å². The number of piperidine rings is 1. The Balaban J connectivity index is 1.66. The second-order valence-electron chi connectivity index (χ2n) is 19.3. The lowest BCUT2D eigenvalue weighted by atomic mass is 9.78. The van der Waals surface area contributed by atoms with Crippen LogP contribution in [0.5, 0.6) is 0 Å². The maximum Gasteiger partial charge on any atom is 0.329 e. The van der Waals surface area contributed by atoms with Crippen molar-refractivity contribution in [2.75, 3.05) is 13.7 Å². The van der Waals surface area contributed by atoms with Crippen molar-refractivity contribution < 1.29 is 58.9 Å². The van der Waals surface area contributed by atoms with E-state index in [-0.39, 0.29) is 61.0 Å². The first-order valence-electron chi connectivity index (χ1n) is 23.2. The topological polar surface area (TPSA) is 200 Å². The molecule has 4 aliphatic rings. The number of fused-ring (bicyclic) bond motifs is 3. The van der Waals surface area contributed by atoms with Gasteiger partial charge in [0.25, 0.3) is 0 Å². The van der Waals surface area contributed by atoms with Gasteiger partial charge < -0.3 is 44.6 Å². The standard InChI is InChI=1S/C49H77NO12/c1-29-14-10-9-11-15-30(2)40(52)26-37-19-17-35(7)49(59,62-37)28-44(55)50-21-13-12-16-38(50)48(58)61-43(32(4)24-36-18-20-39(51)42(54)25-36)27-41(53)31(3)23-34(6)46(57)47(60-8)45(56)33(5)22-29/h9-11,14-15,23,29,31-33,35-40,42-43,46-47,51-52,54,57,59H,12-13,16-22,24-28H2,1-8H3/b11-9+,14-10-,30-15+,34-23+/t29-,31-,32-,33-,35-,36?,37+,38+,39+,40+,42+,43+,46-,47+,49+/m1/s1. The monoisotopic (exact) mass is 872 g/mol. The summed E-state index contributed by atoms with van der Waals surface area (Å²) < 4.78 is 18.0. The Morgan fingerprint density at radius 3 is 2.29 bits per heavy atom. The third-order valence-corrected chi connectivity index (χ3v) is 14.0. The van der Waals surface area contributed by atoms with E-state index in [1.165, 1.54) is 12.0 Å². The number of esters is 1. The van der Waals surface area contributed by atoms with Gasteiger partial charge in [-0.05, 0) is 107 Å². The molecule has 0 aromatic carbocycles. The molecule has 0 radical (unpaired) electrons. The number of hydrogen-bond donors (Lipinski definition) is 5. The number of carbonyl (C=O) groups excluding carboxylic acids is 4. The molecule has 1 amide bonds. The zero-order valence-corrected chi connectivity index (χ0v) is 38.5. The van der Waals surface area contributed by atoms with Crippen LogP contribution in [0.25, 0.3) is 0 Å². The van der Waals surface area contributed by atoms with Crippen molar-refractivity contribution in [3.63, 3.8) is 0 Å². The molecule has 5 N–H and O–H groups in total. The van der Waals surface area contributed by atoms with Gasteiger partial charge in [0.1, 0.15) is 30.1 Å². The molecule has 15 atom stereocenters. The molecule has 2 saturated heterocycles. The number of aliphatic hydroxyl groups excluding tert-OH is 4. The summed E-state index contributed by atoms with van der Waals surface area (Å²) in [6.07, 6.45) is 9.67. The van der Waals surface area contributed by atoms with E-state index in [9.17, 15) is 44.7 Å². The Kier molecular flexibility index (Phi) is 19.8. The molecule has 13 heteroatoms. The van der Waals surface area contributed by atoms with Crippen molar-refractivity contribution in [3.8, 4) is 0 Å². The number of ether oxygens (including phenoxy) is 3. The molecular weight excluding hydrogens is 795 g/mol. The van der Waals surface area contributed by atoms with Gasteiger partial charge in [0, 0.05) is 44.2 Å². The molecule has 0 spiro atoms. The fourth-order valence-corrected chi connectivity index (χ4v) is 9.71. The third-order valence-electron chi connectivity index (χ3n) is 14.0. The van der Waals surface area contributed by atoms with E-state index in [0.29, 0.717) is 75.4 Å². The highest BCUT2D eigenvalue weighted by Crippen LogP contribution is 2.38. The summed E-state index contributed by atoms with van der Waals surface area (Å²) in [4.78, 5) is 57.5. The van der Waals surface area contributed by atoms with E-state index in [1.54, 1.807) is 26.8 Å². The molecule has 4 rings (SSSR count). The van der Waals surface area contributed by atoms with E-state index in [0.717, 1.165) is 0 Å². The van der Waals surface area contributed by atoms with Crippen LogP contribution in [0, 0.1) is 35.5 Å². The Labute approximate surface area is 369 Å². The lowest BCUT2D eigenvalue weighted by molar-refractivity contribution is -0.283. The average Bonchev–Trinajstić information content (AvgIpc) is 3.22. The molecule has 62 heavy (non-hydrogen) atoms. The highest BCUT2D eigenvalue weighted by atomic mass is 16.6. The highest BCUT2D eigenvalue weighted by molar-refractivity contribution is 5.87. The van der Waals surface area contributed by atoms with Crippen molar-refractivity contribution in [1.29, 1.82) is 0 Å². The Morgan fingerprint density at radius 1 is 0.871 bits per heavy atom. The van der Waals surface area contributed by atoms with Crippen LogP contribution in [-0.2, 0) is 33.4 Å². The average molecular weight is 872 g/mol. The number of nitrogens with zero attached hydrogens (tertiary/aromatic N) is 1.